The van der Waals surface area contributed by atoms with Crippen molar-refractivity contribution in [1.29, 1.82) is 0 Å². The second-order valence-corrected chi connectivity index (χ2v) is 3.95. The number of rotatable bonds is 2. The van der Waals surface area contributed by atoms with E-state index in [2.05, 4.69) is 17.2 Å². The van der Waals surface area contributed by atoms with Gasteiger partial charge in [0, 0.05) is 12.6 Å². The van der Waals surface area contributed by atoms with Crippen LogP contribution in [0.5, 0.6) is 0 Å². The number of hydrogen-bond donors (Lipinski definition) is 1. The van der Waals surface area contributed by atoms with Gasteiger partial charge in [0.15, 0.2) is 0 Å². The van der Waals surface area contributed by atoms with Gasteiger partial charge in [0.05, 0.1) is 11.6 Å². The quantitative estimate of drug-likeness (QED) is 0.758. The Morgan fingerprint density at radius 3 is 2.81 bits per heavy atom. The lowest BCUT2D eigenvalue weighted by Gasteiger charge is -2.20. The first kappa shape index (κ1) is 10.8. The van der Waals surface area contributed by atoms with Crippen molar-refractivity contribution >= 4 is 11.8 Å². The van der Waals surface area contributed by atoms with Crippen LogP contribution in [-0.2, 0) is 16.0 Å². The molecule has 2 rings (SSSR count). The number of piperidine rings is 1. The van der Waals surface area contributed by atoms with Crippen LogP contribution in [0.15, 0.2) is 18.3 Å². The van der Waals surface area contributed by atoms with Crippen LogP contribution in [0.1, 0.15) is 36.9 Å². The lowest BCUT2D eigenvalue weighted by atomic mass is 9.94. The molecule has 84 valence electrons. The molecule has 2 heterocycles. The molecule has 0 spiro atoms. The lowest BCUT2D eigenvalue weighted by Crippen LogP contribution is -2.39. The fourth-order valence-electron chi connectivity index (χ4n) is 1.83. The zero-order valence-corrected chi connectivity index (χ0v) is 9.19. The summed E-state index contributed by atoms with van der Waals surface area (Å²) in [5.74, 6) is -0.692. The van der Waals surface area contributed by atoms with Gasteiger partial charge in [-0.25, -0.2) is 0 Å². The normalized spacial score (nSPS) is 20.7. The predicted molar refractivity (Wildman–Crippen MR) is 58.7 cm³/mol. The van der Waals surface area contributed by atoms with E-state index in [1.807, 2.05) is 12.1 Å². The summed E-state index contributed by atoms with van der Waals surface area (Å²) in [6, 6.07) is 3.85. The number of pyridine rings is 1. The van der Waals surface area contributed by atoms with Gasteiger partial charge in [-0.1, -0.05) is 13.0 Å². The third-order valence-electron chi connectivity index (χ3n) is 2.85. The maximum Gasteiger partial charge on any atom is 0.235 e. The Balaban J connectivity index is 2.17. The molecule has 1 fully saturated rings. The van der Waals surface area contributed by atoms with E-state index in [0.717, 1.165) is 17.7 Å². The van der Waals surface area contributed by atoms with Gasteiger partial charge in [0.1, 0.15) is 0 Å². The number of nitrogens with one attached hydrogen (secondary N) is 1. The van der Waals surface area contributed by atoms with Gasteiger partial charge in [-0.2, -0.15) is 0 Å². The first-order valence-corrected chi connectivity index (χ1v) is 5.49. The molecule has 1 N–H and O–H groups in total. The van der Waals surface area contributed by atoms with Crippen LogP contribution in [0.2, 0.25) is 0 Å². The second kappa shape index (κ2) is 4.43. The molecule has 4 heteroatoms. The minimum atomic E-state index is -0.274. The van der Waals surface area contributed by atoms with E-state index < -0.39 is 0 Å². The molecule has 1 aliphatic rings. The van der Waals surface area contributed by atoms with E-state index in [9.17, 15) is 9.59 Å². The highest BCUT2D eigenvalue weighted by atomic mass is 16.2. The lowest BCUT2D eigenvalue weighted by molar-refractivity contribution is -0.134. The third kappa shape index (κ3) is 2.10. The molecule has 0 unspecified atom stereocenters. The molecule has 1 aromatic rings. The molecular weight excluding hydrogens is 204 g/mol. The summed E-state index contributed by atoms with van der Waals surface area (Å²) in [5.41, 5.74) is 1.90. The Hall–Kier alpha value is -1.71. The zero-order chi connectivity index (χ0) is 11.5. The van der Waals surface area contributed by atoms with Crippen molar-refractivity contribution in [3.63, 3.8) is 0 Å². The topological polar surface area (TPSA) is 59.1 Å². The summed E-state index contributed by atoms with van der Waals surface area (Å²) >= 11 is 0. The van der Waals surface area contributed by atoms with E-state index in [4.69, 9.17) is 0 Å². The van der Waals surface area contributed by atoms with Crippen LogP contribution in [0.3, 0.4) is 0 Å². The number of imide groups is 1. The predicted octanol–water partition coefficient (Wildman–Crippen LogP) is 1.16. The molecule has 0 aliphatic carbocycles. The molecule has 4 nitrogen and oxygen atoms in total. The van der Waals surface area contributed by atoms with E-state index in [0.29, 0.717) is 12.8 Å². The first-order valence-electron chi connectivity index (χ1n) is 5.49. The van der Waals surface area contributed by atoms with Gasteiger partial charge in [0.25, 0.3) is 0 Å². The smallest absolute Gasteiger partial charge is 0.235 e. The number of hydrogen-bond acceptors (Lipinski definition) is 3. The maximum atomic E-state index is 11.6. The van der Waals surface area contributed by atoms with Gasteiger partial charge in [-0.15, -0.1) is 0 Å². The molecule has 0 aromatic carbocycles. The molecule has 1 saturated heterocycles. The Kier molecular flexibility index (Phi) is 2.99. The van der Waals surface area contributed by atoms with Crippen molar-refractivity contribution in [2.75, 3.05) is 0 Å². The highest BCUT2D eigenvalue weighted by Crippen LogP contribution is 2.22. The molecular formula is C12H14N2O2. The van der Waals surface area contributed by atoms with Crippen LogP contribution < -0.4 is 5.32 Å². The van der Waals surface area contributed by atoms with Gasteiger partial charge < -0.3 is 0 Å². The highest BCUT2D eigenvalue weighted by Gasteiger charge is 2.28. The maximum absolute atomic E-state index is 11.6. The largest absolute Gasteiger partial charge is 0.296 e. The van der Waals surface area contributed by atoms with Crippen LogP contribution in [0.25, 0.3) is 0 Å². The molecule has 2 amide bonds. The number of carbonyl (C=O) groups excluding carboxylic acids is 2. The average molecular weight is 218 g/mol. The monoisotopic (exact) mass is 218 g/mol. The molecule has 0 radical (unpaired) electrons. The van der Waals surface area contributed by atoms with Crippen LogP contribution in [-0.4, -0.2) is 16.8 Å². The standard InChI is InChI=1S/C12H14N2O2/c1-2-8-3-5-10(13-7-8)9-4-6-11(15)14-12(9)16/h3,5,7,9H,2,4,6H2,1H3,(H,14,15,16)/t9-/m1/s1. The fourth-order valence-corrected chi connectivity index (χ4v) is 1.83. The number of carbonyl (C=O) groups is 2. The first-order chi connectivity index (χ1) is 7.70. The minimum absolute atomic E-state index is 0.188. The zero-order valence-electron chi connectivity index (χ0n) is 9.19. The van der Waals surface area contributed by atoms with Crippen LogP contribution in [0, 0.1) is 0 Å². The van der Waals surface area contributed by atoms with Crippen molar-refractivity contribution in [2.24, 2.45) is 0 Å². The van der Waals surface area contributed by atoms with Crippen molar-refractivity contribution in [2.45, 2.75) is 32.1 Å². The van der Waals surface area contributed by atoms with Gasteiger partial charge in [-0.05, 0) is 24.5 Å². The van der Waals surface area contributed by atoms with E-state index >= 15 is 0 Å². The van der Waals surface area contributed by atoms with E-state index in [-0.39, 0.29) is 17.7 Å². The van der Waals surface area contributed by atoms with Crippen molar-refractivity contribution in [3.05, 3.63) is 29.6 Å². The minimum Gasteiger partial charge on any atom is -0.296 e. The van der Waals surface area contributed by atoms with E-state index in [1.54, 1.807) is 6.20 Å². The number of amides is 2. The number of aromatic nitrogens is 1. The number of nitrogens with zero attached hydrogens (tertiary/aromatic N) is 1. The molecule has 0 saturated carbocycles. The van der Waals surface area contributed by atoms with Gasteiger partial charge in [0.2, 0.25) is 11.8 Å². The summed E-state index contributed by atoms with van der Waals surface area (Å²) in [7, 11) is 0. The Labute approximate surface area is 94.1 Å². The van der Waals surface area contributed by atoms with Crippen LogP contribution >= 0.6 is 0 Å². The number of aryl methyl sites for hydroxylation is 1. The molecule has 0 bridgehead atoms. The Morgan fingerprint density at radius 1 is 1.44 bits per heavy atom. The summed E-state index contributed by atoms with van der Waals surface area (Å²) in [4.78, 5) is 26.9. The third-order valence-corrected chi connectivity index (χ3v) is 2.85. The average Bonchev–Trinajstić information content (AvgIpc) is 2.29. The summed E-state index contributed by atoms with van der Waals surface area (Å²) in [6.45, 7) is 2.06. The van der Waals surface area contributed by atoms with Crippen molar-refractivity contribution in [1.82, 2.24) is 10.3 Å². The molecule has 16 heavy (non-hydrogen) atoms. The summed E-state index contributed by atoms with van der Waals surface area (Å²) in [6.07, 6.45) is 3.68. The fraction of sp³-hybridized carbons (Fsp3) is 0.417. The van der Waals surface area contributed by atoms with Crippen LogP contribution in [0.4, 0.5) is 0 Å². The molecule has 1 aliphatic heterocycles. The summed E-state index contributed by atoms with van der Waals surface area (Å²) in [5, 5.41) is 2.34. The highest BCUT2D eigenvalue weighted by molar-refractivity contribution is 6.00. The van der Waals surface area contributed by atoms with Crippen molar-refractivity contribution in [3.8, 4) is 0 Å². The molecule has 1 aromatic heterocycles. The second-order valence-electron chi connectivity index (χ2n) is 3.95. The SMILES string of the molecule is CCc1ccc([C@H]2CCC(=O)NC2=O)nc1. The van der Waals surface area contributed by atoms with E-state index in [1.165, 1.54) is 0 Å². The molecule has 1 atom stereocenters. The van der Waals surface area contributed by atoms with Gasteiger partial charge in [-0.3, -0.25) is 19.9 Å². The Morgan fingerprint density at radius 2 is 2.25 bits per heavy atom. The Bertz CT molecular complexity index is 412. The van der Waals surface area contributed by atoms with Crippen molar-refractivity contribution < 1.29 is 9.59 Å². The summed E-state index contributed by atoms with van der Waals surface area (Å²) < 4.78 is 0. The van der Waals surface area contributed by atoms with Gasteiger partial charge >= 0.3 is 0 Å².